The van der Waals surface area contributed by atoms with Gasteiger partial charge in [0, 0.05) is 11.5 Å². The number of benzene rings is 3. The number of anilines is 2. The van der Waals surface area contributed by atoms with Crippen molar-refractivity contribution in [3.8, 4) is 11.1 Å². The summed E-state index contributed by atoms with van der Waals surface area (Å²) < 4.78 is 5.48. The summed E-state index contributed by atoms with van der Waals surface area (Å²) in [6.07, 6.45) is 0.0918. The number of hydrogen-bond donors (Lipinski definition) is 2. The molecule has 3 N–H and O–H groups in total. The molecule has 1 amide bonds. The predicted octanol–water partition coefficient (Wildman–Crippen LogP) is 4.44. The molecule has 0 saturated carbocycles. The van der Waals surface area contributed by atoms with Crippen molar-refractivity contribution in [3.63, 3.8) is 0 Å². The molecule has 3 aromatic rings. The maximum atomic E-state index is 12.3. The van der Waals surface area contributed by atoms with Gasteiger partial charge in [0.05, 0.1) is 11.4 Å². The number of aldehydes is 1. The smallest absolute Gasteiger partial charge is 0.411 e. The molecule has 0 aromatic heterocycles. The van der Waals surface area contributed by atoms with Crippen LogP contribution in [-0.4, -0.2) is 19.0 Å². The van der Waals surface area contributed by atoms with Gasteiger partial charge in [-0.05, 0) is 40.5 Å². The summed E-state index contributed by atoms with van der Waals surface area (Å²) in [7, 11) is 0. The molecular formula is C22H18N2O3. The number of amides is 1. The van der Waals surface area contributed by atoms with Crippen molar-refractivity contribution < 1.29 is 14.3 Å². The summed E-state index contributed by atoms with van der Waals surface area (Å²) in [5.41, 5.74) is 11.6. The minimum absolute atomic E-state index is 0.0122. The molecule has 27 heavy (non-hydrogen) atoms. The number of fused-ring (bicyclic) bond motifs is 3. The van der Waals surface area contributed by atoms with Gasteiger partial charge in [0.15, 0.2) is 0 Å². The topological polar surface area (TPSA) is 81.4 Å². The van der Waals surface area contributed by atoms with Gasteiger partial charge in [-0.25, -0.2) is 4.79 Å². The molecular weight excluding hydrogens is 340 g/mol. The fourth-order valence-corrected chi connectivity index (χ4v) is 3.50. The standard InChI is InChI=1S/C22H18N2O3/c23-20-10-9-14(12-25)11-21(20)24-22(26)27-13-19-17-7-3-1-5-15(17)16-6-2-4-8-18(16)19/h1-12,19H,13,23H2,(H,24,26). The Morgan fingerprint density at radius 1 is 1.00 bits per heavy atom. The third kappa shape index (κ3) is 3.15. The highest BCUT2D eigenvalue weighted by Crippen LogP contribution is 2.44. The molecule has 0 spiro atoms. The summed E-state index contributed by atoms with van der Waals surface area (Å²) in [5.74, 6) is -0.0122. The van der Waals surface area contributed by atoms with Crippen molar-refractivity contribution in [1.82, 2.24) is 0 Å². The fourth-order valence-electron chi connectivity index (χ4n) is 3.50. The van der Waals surface area contributed by atoms with E-state index in [0.29, 0.717) is 23.2 Å². The van der Waals surface area contributed by atoms with E-state index >= 15 is 0 Å². The summed E-state index contributed by atoms with van der Waals surface area (Å²) in [6.45, 7) is 0.215. The first kappa shape index (κ1) is 16.8. The van der Waals surface area contributed by atoms with E-state index < -0.39 is 6.09 Å². The van der Waals surface area contributed by atoms with Crippen LogP contribution in [0.3, 0.4) is 0 Å². The van der Waals surface area contributed by atoms with E-state index in [1.54, 1.807) is 12.1 Å². The zero-order chi connectivity index (χ0) is 18.8. The van der Waals surface area contributed by atoms with Crippen molar-refractivity contribution in [2.75, 3.05) is 17.7 Å². The van der Waals surface area contributed by atoms with Gasteiger partial charge in [0.25, 0.3) is 0 Å². The van der Waals surface area contributed by atoms with E-state index in [-0.39, 0.29) is 12.5 Å². The number of nitrogens with two attached hydrogens (primary N) is 1. The van der Waals surface area contributed by atoms with Crippen LogP contribution in [0.15, 0.2) is 66.7 Å². The van der Waals surface area contributed by atoms with E-state index in [0.717, 1.165) is 11.1 Å². The monoisotopic (exact) mass is 358 g/mol. The van der Waals surface area contributed by atoms with Gasteiger partial charge < -0.3 is 10.5 Å². The van der Waals surface area contributed by atoms with Crippen LogP contribution in [-0.2, 0) is 4.74 Å². The number of nitrogen functional groups attached to an aromatic ring is 1. The van der Waals surface area contributed by atoms with Crippen LogP contribution in [0.5, 0.6) is 0 Å². The van der Waals surface area contributed by atoms with Crippen LogP contribution < -0.4 is 11.1 Å². The fraction of sp³-hybridized carbons (Fsp3) is 0.0909. The molecule has 1 aliphatic rings. The predicted molar refractivity (Wildman–Crippen MR) is 105 cm³/mol. The second-order valence-electron chi connectivity index (χ2n) is 6.42. The molecule has 0 bridgehead atoms. The molecule has 1 aliphatic carbocycles. The maximum Gasteiger partial charge on any atom is 0.411 e. The molecule has 3 aromatic carbocycles. The van der Waals surface area contributed by atoms with E-state index in [1.165, 1.54) is 17.2 Å². The zero-order valence-corrected chi connectivity index (χ0v) is 14.5. The Morgan fingerprint density at radius 2 is 1.63 bits per heavy atom. The lowest BCUT2D eigenvalue weighted by atomic mass is 9.98. The van der Waals surface area contributed by atoms with Crippen molar-refractivity contribution >= 4 is 23.8 Å². The lowest BCUT2D eigenvalue weighted by Gasteiger charge is -2.15. The Hall–Kier alpha value is -3.60. The Kier molecular flexibility index (Phi) is 4.34. The number of hydrogen-bond acceptors (Lipinski definition) is 4. The van der Waals surface area contributed by atoms with E-state index in [1.807, 2.05) is 24.3 Å². The molecule has 0 unspecified atom stereocenters. The first-order chi connectivity index (χ1) is 13.2. The quantitative estimate of drug-likeness (QED) is 0.533. The third-order valence-corrected chi connectivity index (χ3v) is 4.79. The minimum Gasteiger partial charge on any atom is -0.448 e. The van der Waals surface area contributed by atoms with Gasteiger partial charge in [-0.1, -0.05) is 48.5 Å². The lowest BCUT2D eigenvalue weighted by molar-refractivity contribution is 0.112. The highest BCUT2D eigenvalue weighted by atomic mass is 16.5. The van der Waals surface area contributed by atoms with Crippen LogP contribution in [0.25, 0.3) is 11.1 Å². The molecule has 0 atom stereocenters. The Bertz CT molecular complexity index is 984. The van der Waals surface area contributed by atoms with Crippen molar-refractivity contribution in [1.29, 1.82) is 0 Å². The summed E-state index contributed by atoms with van der Waals surface area (Å²) in [6, 6.07) is 21.0. The van der Waals surface area contributed by atoms with E-state index in [4.69, 9.17) is 10.5 Å². The first-order valence-electron chi connectivity index (χ1n) is 8.64. The van der Waals surface area contributed by atoms with Crippen molar-refractivity contribution in [3.05, 3.63) is 83.4 Å². The molecule has 134 valence electrons. The zero-order valence-electron chi connectivity index (χ0n) is 14.5. The molecule has 5 nitrogen and oxygen atoms in total. The van der Waals surface area contributed by atoms with Crippen LogP contribution in [0, 0.1) is 0 Å². The number of rotatable bonds is 4. The number of ether oxygens (including phenoxy) is 1. The SMILES string of the molecule is Nc1ccc(C=O)cc1NC(=O)OCC1c2ccccc2-c2ccccc21. The first-order valence-corrected chi connectivity index (χ1v) is 8.64. The molecule has 5 heteroatoms. The third-order valence-electron chi connectivity index (χ3n) is 4.79. The van der Waals surface area contributed by atoms with E-state index in [2.05, 4.69) is 29.6 Å². The Labute approximate surface area is 156 Å². The molecule has 0 radical (unpaired) electrons. The Balaban J connectivity index is 1.51. The van der Waals surface area contributed by atoms with Crippen LogP contribution in [0.2, 0.25) is 0 Å². The summed E-state index contributed by atoms with van der Waals surface area (Å²) >= 11 is 0. The largest absolute Gasteiger partial charge is 0.448 e. The average molecular weight is 358 g/mol. The van der Waals surface area contributed by atoms with Crippen LogP contribution >= 0.6 is 0 Å². The molecule has 0 heterocycles. The van der Waals surface area contributed by atoms with Gasteiger partial charge in [0.2, 0.25) is 0 Å². The molecule has 0 saturated heterocycles. The second-order valence-corrected chi connectivity index (χ2v) is 6.42. The summed E-state index contributed by atoms with van der Waals surface area (Å²) in [5, 5.41) is 2.61. The van der Waals surface area contributed by atoms with Crippen molar-refractivity contribution in [2.24, 2.45) is 0 Å². The molecule has 0 aliphatic heterocycles. The average Bonchev–Trinajstić information content (AvgIpc) is 3.02. The minimum atomic E-state index is -0.605. The number of carbonyl (C=O) groups excluding carboxylic acids is 2. The number of carbonyl (C=O) groups is 2. The van der Waals surface area contributed by atoms with Gasteiger partial charge in [0.1, 0.15) is 12.9 Å². The second kappa shape index (κ2) is 6.96. The Morgan fingerprint density at radius 3 is 2.26 bits per heavy atom. The van der Waals surface area contributed by atoms with Crippen LogP contribution in [0.4, 0.5) is 16.2 Å². The highest BCUT2D eigenvalue weighted by molar-refractivity contribution is 5.91. The van der Waals surface area contributed by atoms with Crippen molar-refractivity contribution in [2.45, 2.75) is 5.92 Å². The molecule has 4 rings (SSSR count). The number of nitrogens with one attached hydrogen (secondary N) is 1. The maximum absolute atomic E-state index is 12.3. The summed E-state index contributed by atoms with van der Waals surface area (Å²) in [4.78, 5) is 23.2. The van der Waals surface area contributed by atoms with Gasteiger partial charge in [-0.3, -0.25) is 10.1 Å². The molecule has 0 fully saturated rings. The lowest BCUT2D eigenvalue weighted by Crippen LogP contribution is -2.18. The van der Waals surface area contributed by atoms with Crippen LogP contribution in [0.1, 0.15) is 27.4 Å². The normalized spacial score (nSPS) is 12.1. The van der Waals surface area contributed by atoms with Gasteiger partial charge in [-0.2, -0.15) is 0 Å². The highest BCUT2D eigenvalue weighted by Gasteiger charge is 2.29. The van der Waals surface area contributed by atoms with E-state index in [9.17, 15) is 9.59 Å². The van der Waals surface area contributed by atoms with Gasteiger partial charge >= 0.3 is 6.09 Å². The van der Waals surface area contributed by atoms with Gasteiger partial charge in [-0.15, -0.1) is 0 Å².